The van der Waals surface area contributed by atoms with E-state index in [2.05, 4.69) is 24.1 Å². The van der Waals surface area contributed by atoms with Crippen molar-refractivity contribution in [1.82, 2.24) is 5.32 Å². The van der Waals surface area contributed by atoms with Gasteiger partial charge in [-0.2, -0.15) is 11.8 Å². The van der Waals surface area contributed by atoms with Crippen molar-refractivity contribution >= 4 is 17.7 Å². The number of thioether (sulfide) groups is 1. The highest BCUT2D eigenvalue weighted by Crippen LogP contribution is 2.12. The van der Waals surface area contributed by atoms with Crippen molar-refractivity contribution in [1.29, 1.82) is 0 Å². The van der Waals surface area contributed by atoms with E-state index < -0.39 is 0 Å². The third-order valence-corrected chi connectivity index (χ3v) is 4.00. The van der Waals surface area contributed by atoms with Crippen LogP contribution in [-0.2, 0) is 0 Å². The molecular formula is C17H23NO2S. The van der Waals surface area contributed by atoms with Crippen LogP contribution in [0.1, 0.15) is 41.8 Å². The predicted molar refractivity (Wildman–Crippen MR) is 89.7 cm³/mol. The van der Waals surface area contributed by atoms with Gasteiger partial charge in [0.2, 0.25) is 0 Å². The van der Waals surface area contributed by atoms with Gasteiger partial charge in [0, 0.05) is 17.2 Å². The predicted octanol–water partition coefficient (Wildman–Crippen LogP) is 2.60. The van der Waals surface area contributed by atoms with Gasteiger partial charge < -0.3 is 10.4 Å². The van der Waals surface area contributed by atoms with Crippen LogP contribution in [0.15, 0.2) is 18.2 Å². The molecule has 1 unspecified atom stereocenters. The van der Waals surface area contributed by atoms with Gasteiger partial charge >= 0.3 is 0 Å². The van der Waals surface area contributed by atoms with Crippen LogP contribution >= 0.6 is 11.8 Å². The molecule has 0 saturated heterocycles. The van der Waals surface area contributed by atoms with Crippen LogP contribution in [-0.4, -0.2) is 35.2 Å². The minimum atomic E-state index is -0.179. The number of benzene rings is 1. The smallest absolute Gasteiger partial charge is 0.251 e. The normalized spacial score (nSPS) is 11.4. The Kier molecular flexibility index (Phi) is 7.96. The Morgan fingerprint density at radius 3 is 2.90 bits per heavy atom. The summed E-state index contributed by atoms with van der Waals surface area (Å²) in [7, 11) is 0. The Hall–Kier alpha value is -1.44. The van der Waals surface area contributed by atoms with E-state index in [1.165, 1.54) is 0 Å². The summed E-state index contributed by atoms with van der Waals surface area (Å²) in [4.78, 5) is 12.3. The summed E-state index contributed by atoms with van der Waals surface area (Å²) in [6.45, 7) is 5.90. The zero-order valence-corrected chi connectivity index (χ0v) is 13.7. The fourth-order valence-corrected chi connectivity index (χ4v) is 2.67. The SMILES string of the molecule is CCSCCC(C)NC(=O)c1cc(C#CCO)ccc1C. The summed E-state index contributed by atoms with van der Waals surface area (Å²) in [5.41, 5.74) is 2.32. The largest absolute Gasteiger partial charge is 0.384 e. The summed E-state index contributed by atoms with van der Waals surface area (Å²) in [5.74, 6) is 7.52. The quantitative estimate of drug-likeness (QED) is 0.627. The number of hydrogen-bond acceptors (Lipinski definition) is 3. The van der Waals surface area contributed by atoms with Crippen LogP contribution in [0, 0.1) is 18.8 Å². The first kappa shape index (κ1) is 17.6. The number of hydrogen-bond donors (Lipinski definition) is 2. The van der Waals surface area contributed by atoms with Crippen LogP contribution in [0.25, 0.3) is 0 Å². The molecule has 1 rings (SSSR count). The van der Waals surface area contributed by atoms with Crippen molar-refractivity contribution in [2.45, 2.75) is 33.2 Å². The molecule has 21 heavy (non-hydrogen) atoms. The van der Waals surface area contributed by atoms with Crippen molar-refractivity contribution < 1.29 is 9.90 Å². The highest BCUT2D eigenvalue weighted by atomic mass is 32.2. The lowest BCUT2D eigenvalue weighted by molar-refractivity contribution is 0.0939. The first-order chi connectivity index (χ1) is 10.1. The van der Waals surface area contributed by atoms with Crippen molar-refractivity contribution in [3.05, 3.63) is 34.9 Å². The molecule has 0 radical (unpaired) electrons. The van der Waals surface area contributed by atoms with Crippen LogP contribution in [0.3, 0.4) is 0 Å². The van der Waals surface area contributed by atoms with Gasteiger partial charge in [-0.25, -0.2) is 0 Å². The minimum absolute atomic E-state index is 0.0610. The molecule has 1 aromatic carbocycles. The first-order valence-corrected chi connectivity index (χ1v) is 8.33. The van der Waals surface area contributed by atoms with Crippen molar-refractivity contribution in [2.24, 2.45) is 0 Å². The van der Waals surface area contributed by atoms with E-state index >= 15 is 0 Å². The topological polar surface area (TPSA) is 49.3 Å². The maximum absolute atomic E-state index is 12.3. The number of carbonyl (C=O) groups is 1. The zero-order chi connectivity index (χ0) is 15.7. The summed E-state index contributed by atoms with van der Waals surface area (Å²) in [5, 5.41) is 11.8. The van der Waals surface area contributed by atoms with E-state index in [1.807, 2.05) is 37.7 Å². The average molecular weight is 305 g/mol. The van der Waals surface area contributed by atoms with Crippen molar-refractivity contribution in [3.63, 3.8) is 0 Å². The summed E-state index contributed by atoms with van der Waals surface area (Å²) in [6.07, 6.45) is 0.966. The number of nitrogens with one attached hydrogen (secondary N) is 1. The molecular weight excluding hydrogens is 282 g/mol. The van der Waals surface area contributed by atoms with Crippen molar-refractivity contribution in [2.75, 3.05) is 18.1 Å². The van der Waals surface area contributed by atoms with Crippen LogP contribution in [0.4, 0.5) is 0 Å². The van der Waals surface area contributed by atoms with Gasteiger partial charge in [0.25, 0.3) is 5.91 Å². The molecule has 0 aliphatic heterocycles. The molecule has 114 valence electrons. The zero-order valence-electron chi connectivity index (χ0n) is 12.9. The fourth-order valence-electron chi connectivity index (χ4n) is 1.86. The van der Waals surface area contributed by atoms with Crippen LogP contribution in [0.5, 0.6) is 0 Å². The fraction of sp³-hybridized carbons (Fsp3) is 0.471. The lowest BCUT2D eigenvalue weighted by Gasteiger charge is -2.14. The van der Waals surface area contributed by atoms with Crippen LogP contribution in [0.2, 0.25) is 0 Å². The van der Waals surface area contributed by atoms with Gasteiger partial charge in [0.05, 0.1) is 0 Å². The monoisotopic (exact) mass is 305 g/mol. The standard InChI is InChI=1S/C17H23NO2S/c1-4-21-11-9-14(3)18-17(20)16-12-15(6-5-10-19)8-7-13(16)2/h7-8,12,14,19H,4,9-11H2,1-3H3,(H,18,20). The van der Waals surface area contributed by atoms with E-state index in [4.69, 9.17) is 5.11 Å². The van der Waals surface area contributed by atoms with Gasteiger partial charge in [0.1, 0.15) is 6.61 Å². The molecule has 4 heteroatoms. The van der Waals surface area contributed by atoms with E-state index in [0.717, 1.165) is 29.1 Å². The number of aryl methyl sites for hydroxylation is 1. The van der Waals surface area contributed by atoms with E-state index in [-0.39, 0.29) is 18.6 Å². The third-order valence-electron chi connectivity index (χ3n) is 3.07. The van der Waals surface area contributed by atoms with Gasteiger partial charge in [-0.15, -0.1) is 0 Å². The Bertz CT molecular complexity index is 531. The molecule has 2 N–H and O–H groups in total. The second-order valence-electron chi connectivity index (χ2n) is 4.85. The first-order valence-electron chi connectivity index (χ1n) is 7.17. The maximum atomic E-state index is 12.3. The number of aliphatic hydroxyl groups is 1. The second-order valence-corrected chi connectivity index (χ2v) is 6.24. The number of amides is 1. The lowest BCUT2D eigenvalue weighted by Crippen LogP contribution is -2.33. The molecule has 0 aromatic heterocycles. The van der Waals surface area contributed by atoms with E-state index in [1.54, 1.807) is 6.07 Å². The molecule has 0 fully saturated rings. The lowest BCUT2D eigenvalue weighted by atomic mass is 10.0. The van der Waals surface area contributed by atoms with Crippen LogP contribution < -0.4 is 5.32 Å². The molecule has 0 aliphatic rings. The number of carbonyl (C=O) groups excluding carboxylic acids is 1. The highest BCUT2D eigenvalue weighted by molar-refractivity contribution is 7.99. The second kappa shape index (κ2) is 9.49. The number of rotatable bonds is 6. The minimum Gasteiger partial charge on any atom is -0.384 e. The van der Waals surface area contributed by atoms with Gasteiger partial charge in [-0.1, -0.05) is 24.8 Å². The molecule has 1 aromatic rings. The molecule has 0 aliphatic carbocycles. The average Bonchev–Trinajstić information content (AvgIpc) is 2.46. The summed E-state index contributed by atoms with van der Waals surface area (Å²) in [6, 6.07) is 5.67. The maximum Gasteiger partial charge on any atom is 0.251 e. The van der Waals surface area contributed by atoms with E-state index in [9.17, 15) is 4.79 Å². The molecule has 0 spiro atoms. The molecule has 0 heterocycles. The van der Waals surface area contributed by atoms with Crippen molar-refractivity contribution in [3.8, 4) is 11.8 Å². The number of aliphatic hydroxyl groups excluding tert-OH is 1. The Balaban J connectivity index is 2.72. The summed E-state index contributed by atoms with van der Waals surface area (Å²) >= 11 is 1.88. The molecule has 1 atom stereocenters. The molecule has 0 bridgehead atoms. The van der Waals surface area contributed by atoms with Gasteiger partial charge in [-0.05, 0) is 49.5 Å². The third kappa shape index (κ3) is 6.24. The van der Waals surface area contributed by atoms with E-state index in [0.29, 0.717) is 5.56 Å². The Morgan fingerprint density at radius 1 is 1.48 bits per heavy atom. The Morgan fingerprint density at radius 2 is 2.24 bits per heavy atom. The van der Waals surface area contributed by atoms with Gasteiger partial charge in [0.15, 0.2) is 0 Å². The van der Waals surface area contributed by atoms with Gasteiger partial charge in [-0.3, -0.25) is 4.79 Å². The molecule has 0 saturated carbocycles. The molecule has 1 amide bonds. The summed E-state index contributed by atoms with van der Waals surface area (Å²) < 4.78 is 0. The molecule has 3 nitrogen and oxygen atoms in total. The Labute approximate surface area is 131 Å². The highest BCUT2D eigenvalue weighted by Gasteiger charge is 2.12.